The minimum absolute atomic E-state index is 0.190. The minimum Gasteiger partial charge on any atom is -0.389 e. The Bertz CT molecular complexity index is 897. The van der Waals surface area contributed by atoms with Gasteiger partial charge in [-0.05, 0) is 43.2 Å². The minimum atomic E-state index is -3.55. The number of nitrogens with zero attached hydrogens (tertiary/aromatic N) is 2. The standard InChI is InChI=1S/C18H23N3O4S/c1-13-4-3-5-16(10-13)26(24,25)21-8-6-20(7-9-21)18(23)17-11-15(12-19-17)14(2)22/h3-5,10-12,14,19,22H,6-9H2,1-2H3/t14-/m0/s1. The van der Waals surface area contributed by atoms with E-state index in [4.69, 9.17) is 0 Å². The van der Waals surface area contributed by atoms with Crippen molar-refractivity contribution in [1.82, 2.24) is 14.2 Å². The number of benzene rings is 1. The van der Waals surface area contributed by atoms with Crippen LogP contribution >= 0.6 is 0 Å². The van der Waals surface area contributed by atoms with Gasteiger partial charge in [-0.25, -0.2) is 8.42 Å². The number of sulfonamides is 1. The van der Waals surface area contributed by atoms with Crippen molar-refractivity contribution in [1.29, 1.82) is 0 Å². The molecule has 0 radical (unpaired) electrons. The largest absolute Gasteiger partial charge is 0.389 e. The number of H-pyrrole nitrogens is 1. The first-order valence-corrected chi connectivity index (χ1v) is 9.95. The summed E-state index contributed by atoms with van der Waals surface area (Å²) < 4.78 is 26.9. The second-order valence-corrected chi connectivity index (χ2v) is 8.47. The molecule has 3 rings (SSSR count). The molecule has 1 aromatic heterocycles. The van der Waals surface area contributed by atoms with Gasteiger partial charge in [0.2, 0.25) is 10.0 Å². The van der Waals surface area contributed by atoms with Crippen LogP contribution in [0.15, 0.2) is 41.4 Å². The molecule has 1 aliphatic rings. The van der Waals surface area contributed by atoms with E-state index < -0.39 is 16.1 Å². The molecule has 1 aromatic carbocycles. The Balaban J connectivity index is 1.67. The number of aliphatic hydroxyl groups is 1. The van der Waals surface area contributed by atoms with E-state index in [0.29, 0.717) is 24.3 Å². The predicted molar refractivity (Wildman–Crippen MR) is 97.3 cm³/mol. The first-order chi connectivity index (χ1) is 12.3. The third-order valence-electron chi connectivity index (χ3n) is 4.57. The zero-order chi connectivity index (χ0) is 18.9. The van der Waals surface area contributed by atoms with Gasteiger partial charge in [0, 0.05) is 32.4 Å². The summed E-state index contributed by atoms with van der Waals surface area (Å²) in [5.41, 5.74) is 1.94. The summed E-state index contributed by atoms with van der Waals surface area (Å²) in [6.07, 6.45) is 0.959. The number of carbonyl (C=O) groups excluding carboxylic acids is 1. The van der Waals surface area contributed by atoms with Crippen molar-refractivity contribution >= 4 is 15.9 Å². The van der Waals surface area contributed by atoms with Crippen molar-refractivity contribution in [3.8, 4) is 0 Å². The maximum absolute atomic E-state index is 12.8. The van der Waals surface area contributed by atoms with Gasteiger partial charge >= 0.3 is 0 Å². The molecule has 0 aliphatic carbocycles. The fourth-order valence-corrected chi connectivity index (χ4v) is 4.53. The summed E-state index contributed by atoms with van der Waals surface area (Å²) in [7, 11) is -3.55. The highest BCUT2D eigenvalue weighted by molar-refractivity contribution is 7.89. The third kappa shape index (κ3) is 3.67. The van der Waals surface area contributed by atoms with E-state index in [1.807, 2.05) is 13.0 Å². The molecule has 7 nitrogen and oxygen atoms in total. The number of aliphatic hydroxyl groups excluding tert-OH is 1. The number of aromatic nitrogens is 1. The van der Waals surface area contributed by atoms with Crippen LogP contribution in [0.3, 0.4) is 0 Å². The summed E-state index contributed by atoms with van der Waals surface area (Å²) >= 11 is 0. The average molecular weight is 377 g/mol. The quantitative estimate of drug-likeness (QED) is 0.845. The molecule has 1 atom stereocenters. The lowest BCUT2D eigenvalue weighted by atomic mass is 10.2. The number of rotatable bonds is 4. The number of aryl methyl sites for hydroxylation is 1. The van der Waals surface area contributed by atoms with E-state index in [1.54, 1.807) is 42.3 Å². The van der Waals surface area contributed by atoms with Gasteiger partial charge in [0.1, 0.15) is 5.69 Å². The highest BCUT2D eigenvalue weighted by atomic mass is 32.2. The number of hydrogen-bond acceptors (Lipinski definition) is 4. The van der Waals surface area contributed by atoms with Crippen LogP contribution in [-0.2, 0) is 10.0 Å². The van der Waals surface area contributed by atoms with E-state index in [-0.39, 0.29) is 23.9 Å². The predicted octanol–water partition coefficient (Wildman–Crippen LogP) is 1.52. The molecule has 1 saturated heterocycles. The molecule has 2 N–H and O–H groups in total. The van der Waals surface area contributed by atoms with Crippen molar-refractivity contribution in [3.63, 3.8) is 0 Å². The number of nitrogens with one attached hydrogen (secondary N) is 1. The molecule has 26 heavy (non-hydrogen) atoms. The number of piperazine rings is 1. The van der Waals surface area contributed by atoms with Crippen LogP contribution in [0.2, 0.25) is 0 Å². The summed E-state index contributed by atoms with van der Waals surface area (Å²) in [6.45, 7) is 4.65. The monoisotopic (exact) mass is 377 g/mol. The Labute approximate surface area is 153 Å². The normalized spacial score (nSPS) is 17.3. The summed E-state index contributed by atoms with van der Waals surface area (Å²) in [6, 6.07) is 8.46. The molecule has 0 unspecified atom stereocenters. The lowest BCUT2D eigenvalue weighted by Crippen LogP contribution is -2.50. The van der Waals surface area contributed by atoms with E-state index >= 15 is 0 Å². The summed E-state index contributed by atoms with van der Waals surface area (Å²) in [5.74, 6) is -0.190. The van der Waals surface area contributed by atoms with Gasteiger partial charge in [0.25, 0.3) is 5.91 Å². The van der Waals surface area contributed by atoms with Gasteiger partial charge < -0.3 is 15.0 Å². The lowest BCUT2D eigenvalue weighted by Gasteiger charge is -2.33. The van der Waals surface area contributed by atoms with E-state index in [2.05, 4.69) is 4.98 Å². The van der Waals surface area contributed by atoms with Crippen molar-refractivity contribution in [2.45, 2.75) is 24.8 Å². The van der Waals surface area contributed by atoms with Crippen molar-refractivity contribution in [2.75, 3.05) is 26.2 Å². The first-order valence-electron chi connectivity index (χ1n) is 8.51. The molecule has 0 bridgehead atoms. The second kappa shape index (κ2) is 7.22. The van der Waals surface area contributed by atoms with Gasteiger partial charge in [-0.1, -0.05) is 12.1 Å². The number of aromatic amines is 1. The number of hydrogen-bond donors (Lipinski definition) is 2. The SMILES string of the molecule is Cc1cccc(S(=O)(=O)N2CCN(C(=O)c3cc([C@H](C)O)c[nH]3)CC2)c1. The zero-order valence-corrected chi connectivity index (χ0v) is 15.7. The fraction of sp³-hybridized carbons (Fsp3) is 0.389. The van der Waals surface area contributed by atoms with Gasteiger partial charge in [0.15, 0.2) is 0 Å². The Morgan fingerprint density at radius 1 is 1.19 bits per heavy atom. The Morgan fingerprint density at radius 2 is 1.88 bits per heavy atom. The molecule has 2 aromatic rings. The Morgan fingerprint density at radius 3 is 2.46 bits per heavy atom. The van der Waals surface area contributed by atoms with E-state index in [9.17, 15) is 18.3 Å². The Kier molecular flexibility index (Phi) is 5.17. The van der Waals surface area contributed by atoms with Crippen LogP contribution < -0.4 is 0 Å². The van der Waals surface area contributed by atoms with Crippen LogP contribution in [-0.4, -0.2) is 59.8 Å². The Hall–Kier alpha value is -2.16. The molecular weight excluding hydrogens is 354 g/mol. The van der Waals surface area contributed by atoms with Gasteiger partial charge in [-0.2, -0.15) is 4.31 Å². The van der Waals surface area contributed by atoms with E-state index in [1.165, 1.54) is 4.31 Å². The summed E-state index contributed by atoms with van der Waals surface area (Å²) in [4.78, 5) is 17.3. The number of amides is 1. The van der Waals surface area contributed by atoms with Crippen LogP contribution in [0.5, 0.6) is 0 Å². The molecule has 0 spiro atoms. The highest BCUT2D eigenvalue weighted by Crippen LogP contribution is 2.20. The van der Waals surface area contributed by atoms with Crippen molar-refractivity contribution in [3.05, 3.63) is 53.3 Å². The van der Waals surface area contributed by atoms with E-state index in [0.717, 1.165) is 5.56 Å². The fourth-order valence-electron chi connectivity index (χ4n) is 3.00. The third-order valence-corrected chi connectivity index (χ3v) is 6.47. The average Bonchev–Trinajstić information content (AvgIpc) is 3.11. The van der Waals surface area contributed by atoms with Crippen molar-refractivity contribution < 1.29 is 18.3 Å². The lowest BCUT2D eigenvalue weighted by molar-refractivity contribution is 0.0692. The molecule has 0 saturated carbocycles. The topological polar surface area (TPSA) is 93.7 Å². The zero-order valence-electron chi connectivity index (χ0n) is 14.8. The molecular formula is C18H23N3O4S. The summed E-state index contributed by atoms with van der Waals surface area (Å²) in [5, 5.41) is 9.56. The second-order valence-electron chi connectivity index (χ2n) is 6.54. The van der Waals surface area contributed by atoms with Crippen LogP contribution in [0.4, 0.5) is 0 Å². The van der Waals surface area contributed by atoms with Gasteiger partial charge in [-0.3, -0.25) is 4.79 Å². The molecule has 1 amide bonds. The molecule has 8 heteroatoms. The molecule has 1 fully saturated rings. The maximum atomic E-state index is 12.8. The molecule has 1 aliphatic heterocycles. The smallest absolute Gasteiger partial charge is 0.270 e. The number of carbonyl (C=O) groups is 1. The van der Waals surface area contributed by atoms with Crippen LogP contribution in [0, 0.1) is 6.92 Å². The van der Waals surface area contributed by atoms with Crippen LogP contribution in [0.1, 0.15) is 34.6 Å². The highest BCUT2D eigenvalue weighted by Gasteiger charge is 2.30. The van der Waals surface area contributed by atoms with Crippen LogP contribution in [0.25, 0.3) is 0 Å². The van der Waals surface area contributed by atoms with Gasteiger partial charge in [-0.15, -0.1) is 0 Å². The van der Waals surface area contributed by atoms with Crippen molar-refractivity contribution in [2.24, 2.45) is 0 Å². The molecule has 2 heterocycles. The maximum Gasteiger partial charge on any atom is 0.270 e. The first kappa shape index (κ1) is 18.6. The van der Waals surface area contributed by atoms with Gasteiger partial charge in [0.05, 0.1) is 11.0 Å². The molecule has 140 valence electrons.